The van der Waals surface area contributed by atoms with Crippen LogP contribution < -0.4 is 11.2 Å². The van der Waals surface area contributed by atoms with Crippen LogP contribution in [0.4, 0.5) is 0 Å². The predicted octanol–water partition coefficient (Wildman–Crippen LogP) is 1.64. The minimum atomic E-state index is -0.615. The number of ketones is 1. The summed E-state index contributed by atoms with van der Waals surface area (Å²) in [6.45, 7) is 6.42. The Morgan fingerprint density at radius 3 is 2.53 bits per heavy atom. The number of fused-ring (bicyclic) bond motifs is 1. The van der Waals surface area contributed by atoms with Gasteiger partial charge in [0.2, 0.25) is 0 Å². The molecule has 2 aliphatic rings. The second kappa shape index (κ2) is 7.92. The number of nitrogen functional groups attached to an aromatic ring is 1. The number of hydrogen-bond donors (Lipinski definition) is 2. The van der Waals surface area contributed by atoms with Crippen LogP contribution in [0.3, 0.4) is 0 Å². The van der Waals surface area contributed by atoms with E-state index in [2.05, 4.69) is 5.32 Å². The van der Waals surface area contributed by atoms with E-state index in [1.165, 1.54) is 10.9 Å². The molecule has 3 N–H and O–H groups in total. The summed E-state index contributed by atoms with van der Waals surface area (Å²) >= 11 is 6.44. The van der Waals surface area contributed by atoms with Crippen molar-refractivity contribution in [3.8, 4) is 0 Å². The van der Waals surface area contributed by atoms with Gasteiger partial charge < -0.3 is 21.0 Å². The Morgan fingerprint density at radius 1 is 1.13 bits per heavy atom. The number of aromatic nitrogens is 1. The molecule has 2 aliphatic heterocycles. The van der Waals surface area contributed by atoms with Gasteiger partial charge in [0.15, 0.2) is 0 Å². The lowest BCUT2D eigenvalue weighted by atomic mass is 10.0. The van der Waals surface area contributed by atoms with Gasteiger partial charge in [-0.15, -0.1) is 0 Å². The summed E-state index contributed by atoms with van der Waals surface area (Å²) in [7, 11) is 0. The summed E-state index contributed by atoms with van der Waals surface area (Å²) < 4.78 is 1.27. The summed E-state index contributed by atoms with van der Waals surface area (Å²) in [5.41, 5.74) is 0.992. The number of carbonyl (C=O) groups excluding carboxylic acids is 3. The minimum Gasteiger partial charge on any atom is -0.339 e. The molecule has 8 nitrogen and oxygen atoms in total. The molecule has 9 heteroatoms. The van der Waals surface area contributed by atoms with E-state index in [9.17, 15) is 14.4 Å². The number of carbonyl (C=O) groups is 3. The molecule has 0 bridgehead atoms. The number of likely N-dealkylation sites (tertiary alicyclic amines) is 1. The number of Topliss-reactive ketones (excluding diaryl/α,β-unsaturated/α-hetero) is 1. The van der Waals surface area contributed by atoms with Crippen LogP contribution in [0.15, 0.2) is 18.3 Å². The Kier molecular flexibility index (Phi) is 5.46. The Bertz CT molecular complexity index is 1030. The molecular formula is C21H26ClN5O3. The fourth-order valence-corrected chi connectivity index (χ4v) is 4.49. The Labute approximate surface area is 179 Å². The van der Waals surface area contributed by atoms with Gasteiger partial charge in [0.25, 0.3) is 17.6 Å². The second-order valence-electron chi connectivity index (χ2n) is 8.24. The average Bonchev–Trinajstić information content (AvgIpc) is 3.36. The van der Waals surface area contributed by atoms with Crippen molar-refractivity contribution in [1.82, 2.24) is 19.8 Å². The molecule has 30 heavy (non-hydrogen) atoms. The van der Waals surface area contributed by atoms with E-state index in [1.54, 1.807) is 21.9 Å². The number of hydrogen-bond acceptors (Lipinski definition) is 5. The van der Waals surface area contributed by atoms with Crippen LogP contribution in [0.2, 0.25) is 5.02 Å². The largest absolute Gasteiger partial charge is 0.339 e. The summed E-state index contributed by atoms with van der Waals surface area (Å²) in [6.07, 6.45) is 3.22. The minimum absolute atomic E-state index is 0.0115. The molecule has 4 rings (SSSR count). The first kappa shape index (κ1) is 20.7. The molecule has 0 saturated carbocycles. The monoisotopic (exact) mass is 431 g/mol. The van der Waals surface area contributed by atoms with Gasteiger partial charge in [-0.05, 0) is 38.8 Å². The maximum atomic E-state index is 13.3. The highest BCUT2D eigenvalue weighted by Gasteiger charge is 2.31. The standard InChI is InChI=1S/C21H26ClN5O3/c1-12-10-26(13(2)9-24-12)20(29)15-7-14-16(11-27(23)18(14)8-17(15)22)19(28)21(30)25-5-3-4-6-25/h7-8,11-13,24H,3-6,9-10,23H2,1-2H3/t12-,13+/m0/s1. The molecule has 160 valence electrons. The molecule has 2 fully saturated rings. The molecule has 0 aliphatic carbocycles. The molecule has 3 heterocycles. The highest BCUT2D eigenvalue weighted by molar-refractivity contribution is 6.45. The SMILES string of the molecule is C[C@@H]1CN[C@@H](C)CN1C(=O)c1cc2c(C(=O)C(=O)N3CCCC3)cn(N)c2cc1Cl. The second-order valence-corrected chi connectivity index (χ2v) is 8.65. The lowest BCUT2D eigenvalue weighted by molar-refractivity contribution is -0.125. The van der Waals surface area contributed by atoms with E-state index in [0.29, 0.717) is 42.6 Å². The number of amides is 2. The van der Waals surface area contributed by atoms with Gasteiger partial charge in [-0.3, -0.25) is 19.1 Å². The first-order valence-corrected chi connectivity index (χ1v) is 10.6. The number of nitrogens with one attached hydrogen (secondary N) is 1. The third-order valence-corrected chi connectivity index (χ3v) is 6.32. The fraction of sp³-hybridized carbons (Fsp3) is 0.476. The lowest BCUT2D eigenvalue weighted by Gasteiger charge is -2.37. The van der Waals surface area contributed by atoms with Crippen molar-refractivity contribution in [3.05, 3.63) is 34.5 Å². The number of nitrogens with zero attached hydrogens (tertiary/aromatic N) is 3. The van der Waals surface area contributed by atoms with Crippen molar-refractivity contribution >= 4 is 40.1 Å². The van der Waals surface area contributed by atoms with Crippen LogP contribution >= 0.6 is 11.6 Å². The molecule has 0 unspecified atom stereocenters. The molecule has 1 aromatic heterocycles. The van der Waals surface area contributed by atoms with E-state index in [1.807, 2.05) is 13.8 Å². The highest BCUT2D eigenvalue weighted by Crippen LogP contribution is 2.29. The van der Waals surface area contributed by atoms with Gasteiger partial charge in [0.1, 0.15) is 0 Å². The van der Waals surface area contributed by atoms with Crippen molar-refractivity contribution in [3.63, 3.8) is 0 Å². The topological polar surface area (TPSA) is 101 Å². The van der Waals surface area contributed by atoms with Crippen LogP contribution in [0, 0.1) is 0 Å². The van der Waals surface area contributed by atoms with Gasteiger partial charge in [-0.2, -0.15) is 0 Å². The lowest BCUT2D eigenvalue weighted by Crippen LogP contribution is -2.56. The zero-order valence-corrected chi connectivity index (χ0v) is 17.9. The number of rotatable bonds is 3. The third kappa shape index (κ3) is 3.54. The van der Waals surface area contributed by atoms with Gasteiger partial charge >= 0.3 is 0 Å². The van der Waals surface area contributed by atoms with E-state index in [-0.39, 0.29) is 28.6 Å². The quantitative estimate of drug-likeness (QED) is 0.437. The zero-order valence-electron chi connectivity index (χ0n) is 17.2. The first-order chi connectivity index (χ1) is 14.3. The Morgan fingerprint density at radius 2 is 1.83 bits per heavy atom. The summed E-state index contributed by atoms with van der Waals surface area (Å²) in [5, 5.41) is 4.07. The maximum Gasteiger partial charge on any atom is 0.295 e. The van der Waals surface area contributed by atoms with Crippen LogP contribution in [-0.2, 0) is 4.79 Å². The van der Waals surface area contributed by atoms with Crippen molar-refractivity contribution in [2.24, 2.45) is 0 Å². The molecule has 2 amide bonds. The molecule has 0 radical (unpaired) electrons. The summed E-state index contributed by atoms with van der Waals surface area (Å²) in [5.74, 6) is 4.68. The van der Waals surface area contributed by atoms with E-state index in [4.69, 9.17) is 17.4 Å². The number of piperazine rings is 1. The van der Waals surface area contributed by atoms with Crippen molar-refractivity contribution in [1.29, 1.82) is 0 Å². The normalized spacial score (nSPS) is 22.0. The molecule has 2 aromatic rings. The Hall–Kier alpha value is -2.58. The number of halogens is 1. The van der Waals surface area contributed by atoms with Crippen molar-refractivity contribution < 1.29 is 14.4 Å². The summed E-state index contributed by atoms with van der Waals surface area (Å²) in [4.78, 5) is 42.2. The molecule has 2 atom stereocenters. The molecule has 0 spiro atoms. The predicted molar refractivity (Wildman–Crippen MR) is 115 cm³/mol. The Balaban J connectivity index is 1.73. The average molecular weight is 432 g/mol. The van der Waals surface area contributed by atoms with Gasteiger partial charge in [0, 0.05) is 49.8 Å². The highest BCUT2D eigenvalue weighted by atomic mass is 35.5. The van der Waals surface area contributed by atoms with Gasteiger partial charge in [-0.25, -0.2) is 0 Å². The maximum absolute atomic E-state index is 13.3. The molecule has 2 saturated heterocycles. The smallest absolute Gasteiger partial charge is 0.295 e. The van der Waals surface area contributed by atoms with E-state index in [0.717, 1.165) is 12.8 Å². The van der Waals surface area contributed by atoms with Crippen LogP contribution in [0.1, 0.15) is 47.4 Å². The number of nitrogens with two attached hydrogens (primary N) is 1. The van der Waals surface area contributed by atoms with E-state index >= 15 is 0 Å². The van der Waals surface area contributed by atoms with Crippen LogP contribution in [0.25, 0.3) is 10.9 Å². The molecule has 1 aromatic carbocycles. The van der Waals surface area contributed by atoms with E-state index < -0.39 is 11.7 Å². The zero-order chi connectivity index (χ0) is 21.6. The number of benzene rings is 1. The summed E-state index contributed by atoms with van der Waals surface area (Å²) in [6, 6.07) is 3.36. The first-order valence-electron chi connectivity index (χ1n) is 10.3. The van der Waals surface area contributed by atoms with Crippen molar-refractivity contribution in [2.45, 2.75) is 38.8 Å². The van der Waals surface area contributed by atoms with Crippen molar-refractivity contribution in [2.75, 3.05) is 32.0 Å². The van der Waals surface area contributed by atoms with Gasteiger partial charge in [-0.1, -0.05) is 11.6 Å². The van der Waals surface area contributed by atoms with Gasteiger partial charge in [0.05, 0.1) is 21.7 Å². The van der Waals surface area contributed by atoms with Crippen LogP contribution in [0.5, 0.6) is 0 Å². The fourth-order valence-electron chi connectivity index (χ4n) is 4.25. The third-order valence-electron chi connectivity index (χ3n) is 6.01. The van der Waals surface area contributed by atoms with Crippen LogP contribution in [-0.4, -0.2) is 70.3 Å². The molecular weight excluding hydrogens is 406 g/mol.